The number of hydrogen-bond acceptors (Lipinski definition) is 4. The van der Waals surface area contributed by atoms with Crippen molar-refractivity contribution < 1.29 is 19.4 Å². The highest BCUT2D eigenvalue weighted by Crippen LogP contribution is 2.29. The number of methoxy groups -OCH3 is 1. The van der Waals surface area contributed by atoms with Gasteiger partial charge in [-0.2, -0.15) is 0 Å². The number of rotatable bonds is 5. The van der Waals surface area contributed by atoms with Gasteiger partial charge in [-0.1, -0.05) is 6.92 Å². The fraction of sp³-hybridized carbons (Fsp3) is 0.333. The molecule has 2 aromatic carbocycles. The lowest BCUT2D eigenvalue weighted by Crippen LogP contribution is -2.35. The monoisotopic (exact) mass is 368 g/mol. The van der Waals surface area contributed by atoms with Gasteiger partial charge in [-0.15, -0.1) is 0 Å². The number of carboxylic acid groups (broad SMARTS) is 1. The fourth-order valence-corrected chi connectivity index (χ4v) is 3.41. The number of piperidine rings is 1. The van der Waals surface area contributed by atoms with Crippen LogP contribution in [-0.4, -0.2) is 37.2 Å². The van der Waals surface area contributed by atoms with Crippen LogP contribution < -0.4 is 15.0 Å². The maximum absolute atomic E-state index is 12.4. The van der Waals surface area contributed by atoms with Crippen LogP contribution in [0.2, 0.25) is 0 Å². The van der Waals surface area contributed by atoms with E-state index in [1.165, 1.54) is 6.07 Å². The van der Waals surface area contributed by atoms with Gasteiger partial charge in [-0.25, -0.2) is 4.79 Å². The van der Waals surface area contributed by atoms with Crippen molar-refractivity contribution in [3.63, 3.8) is 0 Å². The fourth-order valence-electron chi connectivity index (χ4n) is 3.41. The standard InChI is InChI=1S/C21H24N2O4/c1-14-4-3-11-23(13-14)19-10-7-16(12-18(19)21(25)26)22-20(24)15-5-8-17(27-2)9-6-15/h5-10,12,14H,3-4,11,13H2,1-2H3,(H,22,24)(H,25,26)/t14-/m0/s1. The van der Waals surface area contributed by atoms with Gasteiger partial charge in [-0.3, -0.25) is 4.79 Å². The highest BCUT2D eigenvalue weighted by molar-refractivity contribution is 6.05. The Balaban J connectivity index is 1.80. The van der Waals surface area contributed by atoms with Crippen molar-refractivity contribution in [2.45, 2.75) is 19.8 Å². The van der Waals surface area contributed by atoms with E-state index in [-0.39, 0.29) is 11.5 Å². The van der Waals surface area contributed by atoms with Gasteiger partial charge in [0, 0.05) is 24.3 Å². The van der Waals surface area contributed by atoms with Gasteiger partial charge in [0.25, 0.3) is 5.91 Å². The first-order valence-electron chi connectivity index (χ1n) is 9.05. The zero-order valence-electron chi connectivity index (χ0n) is 15.6. The van der Waals surface area contributed by atoms with Gasteiger partial charge in [0.1, 0.15) is 5.75 Å². The molecule has 1 amide bonds. The second kappa shape index (κ2) is 8.12. The Labute approximate surface area is 158 Å². The molecule has 27 heavy (non-hydrogen) atoms. The van der Waals surface area contributed by atoms with E-state index in [0.29, 0.717) is 28.6 Å². The zero-order chi connectivity index (χ0) is 19.4. The maximum atomic E-state index is 12.4. The van der Waals surface area contributed by atoms with Crippen LogP contribution in [0.5, 0.6) is 5.75 Å². The van der Waals surface area contributed by atoms with Crippen LogP contribution in [0.15, 0.2) is 42.5 Å². The maximum Gasteiger partial charge on any atom is 0.337 e. The summed E-state index contributed by atoms with van der Waals surface area (Å²) in [5.74, 6) is -0.0909. The van der Waals surface area contributed by atoms with E-state index in [1.54, 1.807) is 43.5 Å². The first kappa shape index (κ1) is 18.8. The molecular formula is C21H24N2O4. The van der Waals surface area contributed by atoms with Crippen molar-refractivity contribution in [1.82, 2.24) is 0 Å². The molecule has 2 aromatic rings. The molecule has 1 heterocycles. The van der Waals surface area contributed by atoms with Crippen LogP contribution in [0.3, 0.4) is 0 Å². The molecule has 0 aliphatic carbocycles. The van der Waals surface area contributed by atoms with Crippen molar-refractivity contribution in [3.05, 3.63) is 53.6 Å². The minimum atomic E-state index is -0.997. The van der Waals surface area contributed by atoms with Crippen molar-refractivity contribution in [1.29, 1.82) is 0 Å². The summed E-state index contributed by atoms with van der Waals surface area (Å²) in [6.45, 7) is 3.87. The number of carbonyl (C=O) groups is 2. The van der Waals surface area contributed by atoms with Gasteiger partial charge in [0.05, 0.1) is 18.4 Å². The SMILES string of the molecule is COc1ccc(C(=O)Nc2ccc(N3CCC[C@H](C)C3)c(C(=O)O)c2)cc1. The van der Waals surface area contributed by atoms with Gasteiger partial charge >= 0.3 is 5.97 Å². The van der Waals surface area contributed by atoms with E-state index >= 15 is 0 Å². The van der Waals surface area contributed by atoms with E-state index in [1.807, 2.05) is 0 Å². The van der Waals surface area contributed by atoms with Gasteiger partial charge in [-0.05, 0) is 61.2 Å². The first-order chi connectivity index (χ1) is 13.0. The Kier molecular flexibility index (Phi) is 5.64. The molecule has 0 bridgehead atoms. The predicted molar refractivity (Wildman–Crippen MR) is 105 cm³/mol. The average Bonchev–Trinajstić information content (AvgIpc) is 2.68. The highest BCUT2D eigenvalue weighted by atomic mass is 16.5. The molecule has 6 nitrogen and oxygen atoms in total. The molecule has 0 unspecified atom stereocenters. The van der Waals surface area contributed by atoms with Crippen LogP contribution in [0.1, 0.15) is 40.5 Å². The van der Waals surface area contributed by atoms with Crippen molar-refractivity contribution in [2.24, 2.45) is 5.92 Å². The lowest BCUT2D eigenvalue weighted by atomic mass is 9.98. The molecule has 142 valence electrons. The number of nitrogens with one attached hydrogen (secondary N) is 1. The van der Waals surface area contributed by atoms with Crippen molar-refractivity contribution >= 4 is 23.3 Å². The smallest absolute Gasteiger partial charge is 0.337 e. The quantitative estimate of drug-likeness (QED) is 0.837. The molecular weight excluding hydrogens is 344 g/mol. The molecule has 1 saturated heterocycles. The summed E-state index contributed by atoms with van der Waals surface area (Å²) < 4.78 is 5.09. The molecule has 1 aliphatic heterocycles. The Morgan fingerprint density at radius 3 is 2.56 bits per heavy atom. The summed E-state index contributed by atoms with van der Waals surface area (Å²) in [4.78, 5) is 26.3. The summed E-state index contributed by atoms with van der Waals surface area (Å²) in [6, 6.07) is 11.8. The predicted octanol–water partition coefficient (Wildman–Crippen LogP) is 3.88. The molecule has 0 spiro atoms. The number of nitrogens with zero attached hydrogens (tertiary/aromatic N) is 1. The van der Waals surface area contributed by atoms with Gasteiger partial charge in [0.15, 0.2) is 0 Å². The third-order valence-electron chi connectivity index (χ3n) is 4.83. The van der Waals surface area contributed by atoms with Crippen LogP contribution in [0.4, 0.5) is 11.4 Å². The summed E-state index contributed by atoms with van der Waals surface area (Å²) in [5.41, 5.74) is 1.84. The molecule has 6 heteroatoms. The molecule has 1 fully saturated rings. The number of hydrogen-bond donors (Lipinski definition) is 2. The Morgan fingerprint density at radius 2 is 1.93 bits per heavy atom. The van der Waals surface area contributed by atoms with E-state index in [0.717, 1.165) is 25.9 Å². The molecule has 1 atom stereocenters. The number of carbonyl (C=O) groups excluding carboxylic acids is 1. The topological polar surface area (TPSA) is 78.9 Å². The molecule has 0 aromatic heterocycles. The van der Waals surface area contributed by atoms with Crippen molar-refractivity contribution in [3.8, 4) is 5.75 Å². The highest BCUT2D eigenvalue weighted by Gasteiger charge is 2.22. The number of ether oxygens (including phenoxy) is 1. The molecule has 3 rings (SSSR count). The largest absolute Gasteiger partial charge is 0.497 e. The second-order valence-electron chi connectivity index (χ2n) is 6.91. The molecule has 0 saturated carbocycles. The van der Waals surface area contributed by atoms with Crippen LogP contribution >= 0.6 is 0 Å². The first-order valence-corrected chi connectivity index (χ1v) is 9.05. The van der Waals surface area contributed by atoms with Crippen LogP contribution in [0.25, 0.3) is 0 Å². The lowest BCUT2D eigenvalue weighted by molar-refractivity contribution is 0.0697. The summed E-state index contributed by atoms with van der Waals surface area (Å²) >= 11 is 0. The Hall–Kier alpha value is -3.02. The second-order valence-corrected chi connectivity index (χ2v) is 6.91. The number of carboxylic acids is 1. The zero-order valence-corrected chi connectivity index (χ0v) is 15.6. The number of benzene rings is 2. The van der Waals surface area contributed by atoms with E-state index < -0.39 is 5.97 Å². The molecule has 0 radical (unpaired) electrons. The molecule has 1 aliphatic rings. The lowest BCUT2D eigenvalue weighted by Gasteiger charge is -2.33. The molecule has 2 N–H and O–H groups in total. The van der Waals surface area contributed by atoms with E-state index in [2.05, 4.69) is 17.1 Å². The number of amides is 1. The summed E-state index contributed by atoms with van der Waals surface area (Å²) in [7, 11) is 1.56. The third kappa shape index (κ3) is 4.39. The normalized spacial score (nSPS) is 16.7. The minimum Gasteiger partial charge on any atom is -0.497 e. The van der Waals surface area contributed by atoms with E-state index in [4.69, 9.17) is 4.74 Å². The van der Waals surface area contributed by atoms with Crippen LogP contribution in [0, 0.1) is 5.92 Å². The number of anilines is 2. The summed E-state index contributed by atoms with van der Waals surface area (Å²) in [5, 5.41) is 12.4. The van der Waals surface area contributed by atoms with Gasteiger partial charge < -0.3 is 20.1 Å². The van der Waals surface area contributed by atoms with E-state index in [9.17, 15) is 14.7 Å². The third-order valence-corrected chi connectivity index (χ3v) is 4.83. The minimum absolute atomic E-state index is 0.205. The average molecular weight is 368 g/mol. The van der Waals surface area contributed by atoms with Gasteiger partial charge in [0.2, 0.25) is 0 Å². The number of aromatic carboxylic acids is 1. The Morgan fingerprint density at radius 1 is 1.19 bits per heavy atom. The summed E-state index contributed by atoms with van der Waals surface area (Å²) in [6.07, 6.45) is 2.21. The van der Waals surface area contributed by atoms with Crippen LogP contribution in [-0.2, 0) is 0 Å². The van der Waals surface area contributed by atoms with Crippen molar-refractivity contribution in [2.75, 3.05) is 30.4 Å². The Bertz CT molecular complexity index is 833.